The Morgan fingerprint density at radius 1 is 1.15 bits per heavy atom. The predicted octanol–water partition coefficient (Wildman–Crippen LogP) is 3.31. The summed E-state index contributed by atoms with van der Waals surface area (Å²) in [5.41, 5.74) is 1.11. The Bertz CT molecular complexity index is 784. The fourth-order valence-corrected chi connectivity index (χ4v) is 4.01. The molecule has 4 rings (SSSR count). The van der Waals surface area contributed by atoms with Crippen LogP contribution in [0.2, 0.25) is 10.0 Å². The average Bonchev–Trinajstić information content (AvgIpc) is 3.12. The third-order valence-electron chi connectivity index (χ3n) is 4.97. The van der Waals surface area contributed by atoms with Crippen LogP contribution in [0.4, 0.5) is 11.8 Å². The van der Waals surface area contributed by atoms with Gasteiger partial charge in [-0.1, -0.05) is 29.3 Å². The van der Waals surface area contributed by atoms with E-state index >= 15 is 0 Å². The lowest BCUT2D eigenvalue weighted by Crippen LogP contribution is -2.37. The molecule has 2 aliphatic heterocycles. The van der Waals surface area contributed by atoms with Crippen molar-refractivity contribution >= 4 is 35.0 Å². The molecule has 2 saturated heterocycles. The maximum absolute atomic E-state index is 6.31. The molecule has 2 fully saturated rings. The van der Waals surface area contributed by atoms with Crippen molar-refractivity contribution in [3.63, 3.8) is 0 Å². The number of halogens is 2. The number of rotatable bonds is 5. The summed E-state index contributed by atoms with van der Waals surface area (Å²) in [6.45, 7) is 5.94. The van der Waals surface area contributed by atoms with Crippen molar-refractivity contribution < 1.29 is 4.74 Å². The molecule has 0 aliphatic carbocycles. The second-order valence-electron chi connectivity index (χ2n) is 6.94. The molecule has 0 amide bonds. The molecule has 6 nitrogen and oxygen atoms in total. The Labute approximate surface area is 169 Å². The van der Waals surface area contributed by atoms with Gasteiger partial charge in [-0.15, -0.1) is 0 Å². The molecule has 1 atom stereocenters. The van der Waals surface area contributed by atoms with E-state index in [1.807, 2.05) is 24.4 Å². The van der Waals surface area contributed by atoms with Gasteiger partial charge in [0.15, 0.2) is 0 Å². The molecule has 3 heterocycles. The van der Waals surface area contributed by atoms with E-state index in [4.69, 9.17) is 27.9 Å². The molecule has 1 aromatic carbocycles. The number of hydrogen-bond donors (Lipinski definition) is 1. The lowest BCUT2D eigenvalue weighted by molar-refractivity contribution is 0.122. The predicted molar refractivity (Wildman–Crippen MR) is 109 cm³/mol. The van der Waals surface area contributed by atoms with Crippen LogP contribution in [0.15, 0.2) is 30.5 Å². The zero-order valence-electron chi connectivity index (χ0n) is 15.1. The molecule has 0 radical (unpaired) electrons. The molecule has 1 N–H and O–H groups in total. The molecule has 8 heteroatoms. The Balaban J connectivity index is 1.34. The zero-order chi connectivity index (χ0) is 18.6. The standard InChI is InChI=1S/C19H23Cl2N5O/c20-15-2-1-14(17(21)11-15)12-25-6-4-16(13-25)23-18-3-5-22-19(24-18)26-7-9-27-10-8-26/h1-3,5,11,16H,4,6-10,12-13H2,(H,22,23,24). The van der Waals surface area contributed by atoms with E-state index < -0.39 is 0 Å². The number of anilines is 2. The first kappa shape index (κ1) is 18.7. The van der Waals surface area contributed by atoms with E-state index in [1.165, 1.54) is 0 Å². The van der Waals surface area contributed by atoms with Gasteiger partial charge in [-0.2, -0.15) is 4.98 Å². The Morgan fingerprint density at radius 3 is 2.81 bits per heavy atom. The molecule has 1 aromatic heterocycles. The largest absolute Gasteiger partial charge is 0.378 e. The number of morpholine rings is 1. The number of aromatic nitrogens is 2. The Kier molecular flexibility index (Phi) is 5.98. The van der Waals surface area contributed by atoms with Gasteiger partial charge in [-0.25, -0.2) is 4.98 Å². The van der Waals surface area contributed by atoms with Crippen molar-refractivity contribution in [1.29, 1.82) is 0 Å². The summed E-state index contributed by atoms with van der Waals surface area (Å²) in [4.78, 5) is 13.7. The minimum atomic E-state index is 0.364. The highest BCUT2D eigenvalue weighted by atomic mass is 35.5. The van der Waals surface area contributed by atoms with Crippen LogP contribution < -0.4 is 10.2 Å². The van der Waals surface area contributed by atoms with E-state index in [0.717, 1.165) is 74.7 Å². The van der Waals surface area contributed by atoms with Gasteiger partial charge < -0.3 is 15.0 Å². The average molecular weight is 408 g/mol. The lowest BCUT2D eigenvalue weighted by Gasteiger charge is -2.27. The fourth-order valence-electron chi connectivity index (χ4n) is 3.54. The molecule has 1 unspecified atom stereocenters. The second-order valence-corrected chi connectivity index (χ2v) is 7.79. The number of likely N-dealkylation sites (tertiary alicyclic amines) is 1. The minimum Gasteiger partial charge on any atom is -0.378 e. The maximum Gasteiger partial charge on any atom is 0.227 e. The highest BCUT2D eigenvalue weighted by Gasteiger charge is 2.23. The molecular formula is C19H23Cl2N5O. The van der Waals surface area contributed by atoms with Crippen LogP contribution in [0.1, 0.15) is 12.0 Å². The summed E-state index contributed by atoms with van der Waals surface area (Å²) in [6.07, 6.45) is 2.89. The van der Waals surface area contributed by atoms with Crippen molar-refractivity contribution in [2.24, 2.45) is 0 Å². The monoisotopic (exact) mass is 407 g/mol. The van der Waals surface area contributed by atoms with E-state index in [-0.39, 0.29) is 0 Å². The summed E-state index contributed by atoms with van der Waals surface area (Å²) in [5.74, 6) is 1.65. The summed E-state index contributed by atoms with van der Waals surface area (Å²) in [7, 11) is 0. The van der Waals surface area contributed by atoms with Crippen LogP contribution in [-0.2, 0) is 11.3 Å². The van der Waals surface area contributed by atoms with Crippen molar-refractivity contribution in [1.82, 2.24) is 14.9 Å². The quantitative estimate of drug-likeness (QED) is 0.820. The van der Waals surface area contributed by atoms with Crippen LogP contribution in [0.25, 0.3) is 0 Å². The van der Waals surface area contributed by atoms with Gasteiger partial charge in [0.05, 0.1) is 13.2 Å². The van der Waals surface area contributed by atoms with E-state index in [9.17, 15) is 0 Å². The van der Waals surface area contributed by atoms with Crippen LogP contribution in [0.3, 0.4) is 0 Å². The van der Waals surface area contributed by atoms with Crippen LogP contribution in [-0.4, -0.2) is 60.3 Å². The number of nitrogens with one attached hydrogen (secondary N) is 1. The number of benzene rings is 1. The number of nitrogens with zero attached hydrogens (tertiary/aromatic N) is 4. The first-order valence-electron chi connectivity index (χ1n) is 9.26. The molecule has 144 valence electrons. The van der Waals surface area contributed by atoms with Gasteiger partial charge in [0.2, 0.25) is 5.95 Å². The molecule has 27 heavy (non-hydrogen) atoms. The first-order chi connectivity index (χ1) is 13.2. The van der Waals surface area contributed by atoms with Crippen LogP contribution in [0.5, 0.6) is 0 Å². The van der Waals surface area contributed by atoms with Crippen molar-refractivity contribution in [3.8, 4) is 0 Å². The molecular weight excluding hydrogens is 385 g/mol. The highest BCUT2D eigenvalue weighted by Crippen LogP contribution is 2.24. The van der Waals surface area contributed by atoms with E-state index in [1.54, 1.807) is 6.07 Å². The lowest BCUT2D eigenvalue weighted by atomic mass is 10.2. The first-order valence-corrected chi connectivity index (χ1v) is 10.0. The molecule has 0 saturated carbocycles. The third-order valence-corrected chi connectivity index (χ3v) is 5.56. The summed E-state index contributed by atoms with van der Waals surface area (Å²) >= 11 is 12.3. The summed E-state index contributed by atoms with van der Waals surface area (Å²) in [6, 6.07) is 8.00. The van der Waals surface area contributed by atoms with Gasteiger partial charge in [-0.3, -0.25) is 4.90 Å². The van der Waals surface area contributed by atoms with Crippen molar-refractivity contribution in [3.05, 3.63) is 46.1 Å². The minimum absolute atomic E-state index is 0.364. The topological polar surface area (TPSA) is 53.5 Å². The van der Waals surface area contributed by atoms with E-state index in [0.29, 0.717) is 11.1 Å². The van der Waals surface area contributed by atoms with Crippen LogP contribution in [0, 0.1) is 0 Å². The normalized spacial score (nSPS) is 20.8. The van der Waals surface area contributed by atoms with Crippen LogP contribution >= 0.6 is 23.2 Å². The van der Waals surface area contributed by atoms with Gasteiger partial charge in [0.25, 0.3) is 0 Å². The fraction of sp³-hybridized carbons (Fsp3) is 0.474. The van der Waals surface area contributed by atoms with E-state index in [2.05, 4.69) is 25.1 Å². The highest BCUT2D eigenvalue weighted by molar-refractivity contribution is 6.35. The van der Waals surface area contributed by atoms with Crippen molar-refractivity contribution in [2.75, 3.05) is 49.6 Å². The SMILES string of the molecule is Clc1ccc(CN2CCC(Nc3ccnc(N4CCOCC4)n3)C2)c(Cl)c1. The third kappa shape index (κ3) is 4.82. The smallest absolute Gasteiger partial charge is 0.227 e. The second kappa shape index (κ2) is 8.61. The number of hydrogen-bond acceptors (Lipinski definition) is 6. The van der Waals surface area contributed by atoms with Gasteiger partial charge in [-0.05, 0) is 30.2 Å². The van der Waals surface area contributed by atoms with Gasteiger partial charge in [0.1, 0.15) is 5.82 Å². The summed E-state index contributed by atoms with van der Waals surface area (Å²) in [5, 5.41) is 4.95. The Morgan fingerprint density at radius 2 is 2.00 bits per heavy atom. The maximum atomic E-state index is 6.31. The molecule has 0 spiro atoms. The zero-order valence-corrected chi connectivity index (χ0v) is 16.6. The Hall–Kier alpha value is -1.60. The summed E-state index contributed by atoms with van der Waals surface area (Å²) < 4.78 is 5.40. The number of ether oxygens (including phenoxy) is 1. The van der Waals surface area contributed by atoms with Crippen molar-refractivity contribution in [2.45, 2.75) is 19.0 Å². The molecule has 2 aliphatic rings. The molecule has 2 aromatic rings. The van der Waals surface area contributed by atoms with Gasteiger partial charge in [0, 0.05) is 55.0 Å². The molecule has 0 bridgehead atoms. The van der Waals surface area contributed by atoms with Gasteiger partial charge >= 0.3 is 0 Å².